The molecule has 1 unspecified atom stereocenters. The van der Waals surface area contributed by atoms with Crippen LogP contribution in [0.15, 0.2) is 4.40 Å². The van der Waals surface area contributed by atoms with Crippen LogP contribution in [-0.2, 0) is 15.0 Å². The van der Waals surface area contributed by atoms with Crippen molar-refractivity contribution in [2.45, 2.75) is 26.4 Å². The molecule has 0 radical (unpaired) electrons. The summed E-state index contributed by atoms with van der Waals surface area (Å²) >= 11 is 0. The molecule has 6 nitrogen and oxygen atoms in total. The van der Waals surface area contributed by atoms with Crippen LogP contribution < -0.4 is 10.2 Å². The van der Waals surface area contributed by atoms with Gasteiger partial charge in [0.05, 0.1) is 6.10 Å². The summed E-state index contributed by atoms with van der Waals surface area (Å²) in [6, 6.07) is 0. The van der Waals surface area contributed by atoms with Gasteiger partial charge in [-0.15, -0.1) is 4.40 Å². The highest BCUT2D eigenvalue weighted by molar-refractivity contribution is 7.88. The first-order valence-corrected chi connectivity index (χ1v) is 5.47. The van der Waals surface area contributed by atoms with Crippen molar-refractivity contribution >= 4 is 16.0 Å². The number of hydrogen-bond donors (Lipinski definition) is 2. The lowest BCUT2D eigenvalue weighted by Crippen LogP contribution is -2.24. The van der Waals surface area contributed by atoms with Crippen LogP contribution in [0.1, 0.15) is 20.3 Å². The fourth-order valence-corrected chi connectivity index (χ4v) is 1.77. The van der Waals surface area contributed by atoms with Crippen molar-refractivity contribution in [2.75, 3.05) is 6.54 Å². The van der Waals surface area contributed by atoms with Gasteiger partial charge in [0.2, 0.25) is 0 Å². The molecular formula is C6H13N3O3S. The summed E-state index contributed by atoms with van der Waals surface area (Å²) < 4.78 is 27.9. The summed E-state index contributed by atoms with van der Waals surface area (Å²) in [5.74, 6) is 0.341. The zero-order valence-electron chi connectivity index (χ0n) is 7.57. The highest BCUT2D eigenvalue weighted by Crippen LogP contribution is 2.05. The summed E-state index contributed by atoms with van der Waals surface area (Å²) in [6.07, 6.45) is 0.459. The van der Waals surface area contributed by atoms with Crippen LogP contribution >= 0.6 is 0 Å². The van der Waals surface area contributed by atoms with E-state index in [1.807, 2.05) is 6.92 Å². The third-order valence-electron chi connectivity index (χ3n) is 1.42. The zero-order valence-corrected chi connectivity index (χ0v) is 8.39. The Balaban J connectivity index is 2.65. The molecule has 76 valence electrons. The van der Waals surface area contributed by atoms with Crippen molar-refractivity contribution in [2.24, 2.45) is 4.40 Å². The van der Waals surface area contributed by atoms with Crippen LogP contribution in [0.3, 0.4) is 0 Å². The average molecular weight is 207 g/mol. The van der Waals surface area contributed by atoms with E-state index in [4.69, 9.17) is 4.84 Å². The van der Waals surface area contributed by atoms with Crippen LogP contribution in [0.5, 0.6) is 0 Å². The Morgan fingerprint density at radius 2 is 2.46 bits per heavy atom. The number of amidine groups is 1. The standard InChI is InChI=1S/C6H13N3O3S/c1-3-7-13(10,11)9-6-4-5(2)12-8-6/h5,7H,3-4H2,1-2H3,(H,8,9). The zero-order chi connectivity index (χ0) is 9.90. The Kier molecular flexibility index (Phi) is 3.23. The van der Waals surface area contributed by atoms with Crippen molar-refractivity contribution in [3.63, 3.8) is 0 Å². The molecule has 0 aromatic carbocycles. The highest BCUT2D eigenvalue weighted by Gasteiger charge is 2.19. The summed E-state index contributed by atoms with van der Waals surface area (Å²) in [6.45, 7) is 3.85. The topological polar surface area (TPSA) is 79.8 Å². The highest BCUT2D eigenvalue weighted by atomic mass is 32.2. The molecule has 1 aliphatic heterocycles. The van der Waals surface area contributed by atoms with E-state index >= 15 is 0 Å². The Morgan fingerprint density at radius 1 is 1.77 bits per heavy atom. The predicted molar refractivity (Wildman–Crippen MR) is 48.3 cm³/mol. The van der Waals surface area contributed by atoms with E-state index in [2.05, 4.69) is 14.6 Å². The van der Waals surface area contributed by atoms with Crippen LogP contribution in [0, 0.1) is 0 Å². The molecule has 7 heteroatoms. The predicted octanol–water partition coefficient (Wildman–Crippen LogP) is -0.447. The van der Waals surface area contributed by atoms with Gasteiger partial charge in [-0.25, -0.2) is 0 Å². The van der Waals surface area contributed by atoms with Crippen molar-refractivity contribution in [3.8, 4) is 0 Å². The maximum absolute atomic E-state index is 11.1. The van der Waals surface area contributed by atoms with E-state index in [1.165, 1.54) is 0 Å². The number of nitrogens with one attached hydrogen (secondary N) is 2. The Hall–Kier alpha value is -0.660. The molecule has 1 atom stereocenters. The van der Waals surface area contributed by atoms with E-state index in [0.717, 1.165) is 0 Å². The smallest absolute Gasteiger partial charge is 0.271 e. The van der Waals surface area contributed by atoms with E-state index in [9.17, 15) is 8.42 Å². The summed E-state index contributed by atoms with van der Waals surface area (Å²) in [4.78, 5) is 4.92. The minimum absolute atomic E-state index is 0.0319. The lowest BCUT2D eigenvalue weighted by Gasteiger charge is -1.98. The molecule has 2 N–H and O–H groups in total. The van der Waals surface area contributed by atoms with E-state index < -0.39 is 10.2 Å². The second-order valence-corrected chi connectivity index (χ2v) is 4.17. The van der Waals surface area contributed by atoms with Crippen LogP contribution in [0.2, 0.25) is 0 Å². The second kappa shape index (κ2) is 4.03. The Bertz CT molecular complexity index is 298. The normalized spacial score (nSPS) is 26.3. The van der Waals surface area contributed by atoms with Crippen LogP contribution in [-0.4, -0.2) is 26.9 Å². The molecule has 0 bridgehead atoms. The van der Waals surface area contributed by atoms with Crippen LogP contribution in [0.25, 0.3) is 0 Å². The fraction of sp³-hybridized carbons (Fsp3) is 0.833. The molecule has 0 aromatic heterocycles. The van der Waals surface area contributed by atoms with Gasteiger partial charge in [-0.05, 0) is 6.92 Å². The number of rotatable bonds is 3. The van der Waals surface area contributed by atoms with Crippen molar-refractivity contribution in [3.05, 3.63) is 0 Å². The average Bonchev–Trinajstić information content (AvgIpc) is 2.34. The monoisotopic (exact) mass is 207 g/mol. The van der Waals surface area contributed by atoms with Gasteiger partial charge in [-0.2, -0.15) is 13.1 Å². The molecule has 13 heavy (non-hydrogen) atoms. The van der Waals surface area contributed by atoms with Gasteiger partial charge >= 0.3 is 10.2 Å². The molecule has 0 aliphatic carbocycles. The third-order valence-corrected chi connectivity index (χ3v) is 2.53. The number of hydrogen-bond acceptors (Lipinski definition) is 3. The van der Waals surface area contributed by atoms with Gasteiger partial charge in [-0.3, -0.25) is 10.3 Å². The minimum atomic E-state index is -3.54. The molecule has 0 spiro atoms. The summed E-state index contributed by atoms with van der Waals surface area (Å²) in [5, 5.41) is 0. The molecular weight excluding hydrogens is 194 g/mol. The number of nitrogens with zero attached hydrogens (tertiary/aromatic N) is 1. The second-order valence-electron chi connectivity index (χ2n) is 2.75. The van der Waals surface area contributed by atoms with Gasteiger partial charge in [0.25, 0.3) is 0 Å². The third kappa shape index (κ3) is 3.29. The first-order chi connectivity index (χ1) is 6.03. The first kappa shape index (κ1) is 10.4. The lowest BCUT2D eigenvalue weighted by atomic mass is 10.3. The first-order valence-electron chi connectivity index (χ1n) is 4.03. The molecule has 0 aromatic rings. The molecule has 1 fully saturated rings. The van der Waals surface area contributed by atoms with Crippen molar-refractivity contribution < 1.29 is 13.3 Å². The van der Waals surface area contributed by atoms with Crippen LogP contribution in [0.4, 0.5) is 0 Å². The van der Waals surface area contributed by atoms with Gasteiger partial charge in [0.15, 0.2) is 0 Å². The van der Waals surface area contributed by atoms with Gasteiger partial charge < -0.3 is 0 Å². The minimum Gasteiger partial charge on any atom is -0.271 e. The van der Waals surface area contributed by atoms with E-state index in [1.54, 1.807) is 6.92 Å². The molecule has 1 heterocycles. The summed E-state index contributed by atoms with van der Waals surface area (Å²) in [7, 11) is -3.54. The van der Waals surface area contributed by atoms with Gasteiger partial charge in [0.1, 0.15) is 5.84 Å². The molecule has 0 saturated carbocycles. The number of hydroxylamine groups is 1. The SMILES string of the molecule is CCNS(=O)(=O)/N=C1/CC(C)ON1. The maximum atomic E-state index is 11.1. The summed E-state index contributed by atoms with van der Waals surface area (Å²) in [5.41, 5.74) is 2.45. The Morgan fingerprint density at radius 3 is 2.92 bits per heavy atom. The molecule has 1 rings (SSSR count). The fourth-order valence-electron chi connectivity index (χ4n) is 0.940. The van der Waals surface area contributed by atoms with Gasteiger partial charge in [-0.1, -0.05) is 6.92 Å². The Labute approximate surface area is 77.5 Å². The molecule has 1 aliphatic rings. The van der Waals surface area contributed by atoms with E-state index in [0.29, 0.717) is 18.8 Å². The lowest BCUT2D eigenvalue weighted by molar-refractivity contribution is 0.0575. The van der Waals surface area contributed by atoms with Gasteiger partial charge in [0, 0.05) is 13.0 Å². The largest absolute Gasteiger partial charge is 0.321 e. The quantitative estimate of drug-likeness (QED) is 0.657. The van der Waals surface area contributed by atoms with E-state index in [-0.39, 0.29) is 6.10 Å². The maximum Gasteiger partial charge on any atom is 0.321 e. The molecule has 0 amide bonds. The van der Waals surface area contributed by atoms with Crippen molar-refractivity contribution in [1.29, 1.82) is 0 Å². The van der Waals surface area contributed by atoms with Crippen molar-refractivity contribution in [1.82, 2.24) is 10.2 Å². The molecule has 1 saturated heterocycles.